The molecule has 2 heterocycles. The highest BCUT2D eigenvalue weighted by Crippen LogP contribution is 2.16. The molecule has 1 fully saturated rings. The molecule has 138 valence electrons. The predicted octanol–water partition coefficient (Wildman–Crippen LogP) is 1.77. The van der Waals surface area contributed by atoms with Crippen LogP contribution in [0, 0.1) is 12.7 Å². The van der Waals surface area contributed by atoms with Crippen molar-refractivity contribution in [3.8, 4) is 5.69 Å². The molecule has 0 saturated carbocycles. The van der Waals surface area contributed by atoms with Crippen molar-refractivity contribution in [3.05, 3.63) is 47.8 Å². The van der Waals surface area contributed by atoms with E-state index in [0.29, 0.717) is 36.8 Å². The molecule has 1 aromatic carbocycles. The van der Waals surface area contributed by atoms with Gasteiger partial charge in [0.15, 0.2) is 0 Å². The molecule has 1 aliphatic heterocycles. The van der Waals surface area contributed by atoms with Gasteiger partial charge in [-0.05, 0) is 24.6 Å². The van der Waals surface area contributed by atoms with Gasteiger partial charge in [-0.2, -0.15) is 0 Å². The minimum absolute atomic E-state index is 0. The molecule has 1 unspecified atom stereocenters. The van der Waals surface area contributed by atoms with Crippen LogP contribution in [0.15, 0.2) is 30.6 Å². The summed E-state index contributed by atoms with van der Waals surface area (Å²) in [5.74, 6) is 0.227. The first kappa shape index (κ1) is 21.4. The average molecular weight is 391 g/mol. The summed E-state index contributed by atoms with van der Waals surface area (Å²) in [6, 6.07) is 4.57. The smallest absolute Gasteiger partial charge is 0.239 e. The molecule has 9 heteroatoms. The van der Waals surface area contributed by atoms with Crippen molar-refractivity contribution in [2.45, 2.75) is 19.5 Å². The number of carbonyl (C=O) groups is 1. The third kappa shape index (κ3) is 5.15. The molecule has 25 heavy (non-hydrogen) atoms. The molecule has 6 nitrogen and oxygen atoms in total. The van der Waals surface area contributed by atoms with Crippen molar-refractivity contribution in [2.24, 2.45) is 0 Å². The first-order valence-corrected chi connectivity index (χ1v) is 7.53. The molecule has 1 aliphatic rings. The zero-order valence-corrected chi connectivity index (χ0v) is 15.3. The standard InChI is InChI=1S/C16H19FN4O2.2ClH/c1-11-18-4-6-21(11)15-3-2-12(8-13(15)17)9-20-16(22)14-10-23-7-5-19-14;;/h2-4,6,8,14,19H,5,7,9-10H2,1H3,(H,20,22);2*1H. The molecule has 0 bridgehead atoms. The summed E-state index contributed by atoms with van der Waals surface area (Å²) >= 11 is 0. The van der Waals surface area contributed by atoms with Gasteiger partial charge in [-0.15, -0.1) is 24.8 Å². The molecule has 1 amide bonds. The third-order valence-electron chi connectivity index (χ3n) is 3.80. The second kappa shape index (κ2) is 9.72. The van der Waals surface area contributed by atoms with Gasteiger partial charge in [0.1, 0.15) is 17.7 Å². The number of rotatable bonds is 4. The number of halogens is 3. The average Bonchev–Trinajstić information content (AvgIpc) is 2.99. The Balaban J connectivity index is 0.00000156. The molecule has 1 saturated heterocycles. The van der Waals surface area contributed by atoms with Gasteiger partial charge in [0, 0.05) is 25.5 Å². The topological polar surface area (TPSA) is 68.2 Å². The van der Waals surface area contributed by atoms with Gasteiger partial charge in [-0.1, -0.05) is 6.07 Å². The summed E-state index contributed by atoms with van der Waals surface area (Å²) in [5, 5.41) is 5.87. The molecule has 2 N–H and O–H groups in total. The summed E-state index contributed by atoms with van der Waals surface area (Å²) in [4.78, 5) is 16.1. The second-order valence-corrected chi connectivity index (χ2v) is 5.43. The van der Waals surface area contributed by atoms with Gasteiger partial charge in [-0.25, -0.2) is 9.37 Å². The van der Waals surface area contributed by atoms with E-state index in [1.165, 1.54) is 6.07 Å². The van der Waals surface area contributed by atoms with Gasteiger partial charge in [0.2, 0.25) is 5.91 Å². The number of ether oxygens (including phenoxy) is 1. The third-order valence-corrected chi connectivity index (χ3v) is 3.80. The summed E-state index contributed by atoms with van der Waals surface area (Å²) in [5.41, 5.74) is 1.14. The quantitative estimate of drug-likeness (QED) is 0.834. The van der Waals surface area contributed by atoms with Gasteiger partial charge < -0.3 is 19.9 Å². The van der Waals surface area contributed by atoms with Crippen LogP contribution in [0.4, 0.5) is 4.39 Å². The van der Waals surface area contributed by atoms with Crippen molar-refractivity contribution in [3.63, 3.8) is 0 Å². The summed E-state index contributed by atoms with van der Waals surface area (Å²) in [6.45, 7) is 3.72. The van der Waals surface area contributed by atoms with Crippen molar-refractivity contribution in [1.82, 2.24) is 20.2 Å². The first-order valence-electron chi connectivity index (χ1n) is 7.53. The fourth-order valence-electron chi connectivity index (χ4n) is 2.53. The molecule has 0 spiro atoms. The molecular weight excluding hydrogens is 370 g/mol. The Kier molecular flexibility index (Phi) is 8.31. The van der Waals surface area contributed by atoms with E-state index in [1.54, 1.807) is 29.1 Å². The number of benzene rings is 1. The van der Waals surface area contributed by atoms with E-state index in [4.69, 9.17) is 4.74 Å². The monoisotopic (exact) mass is 390 g/mol. The van der Waals surface area contributed by atoms with Crippen molar-refractivity contribution in [2.75, 3.05) is 19.8 Å². The Morgan fingerprint density at radius 3 is 2.88 bits per heavy atom. The number of amides is 1. The molecule has 0 aliphatic carbocycles. The van der Waals surface area contributed by atoms with E-state index < -0.39 is 0 Å². The number of carbonyl (C=O) groups excluding carboxylic acids is 1. The minimum Gasteiger partial charge on any atom is -0.378 e. The molecule has 0 radical (unpaired) electrons. The lowest BCUT2D eigenvalue weighted by molar-refractivity contribution is -0.126. The number of nitrogens with zero attached hydrogens (tertiary/aromatic N) is 2. The Labute approximate surface area is 158 Å². The van der Waals surface area contributed by atoms with E-state index >= 15 is 0 Å². The number of nitrogens with one attached hydrogen (secondary N) is 2. The molecule has 1 atom stereocenters. The summed E-state index contributed by atoms with van der Waals surface area (Å²) in [7, 11) is 0. The summed E-state index contributed by atoms with van der Waals surface area (Å²) in [6.07, 6.45) is 3.34. The van der Waals surface area contributed by atoms with E-state index in [9.17, 15) is 9.18 Å². The lowest BCUT2D eigenvalue weighted by atomic mass is 10.1. The van der Waals surface area contributed by atoms with Crippen LogP contribution in [0.3, 0.4) is 0 Å². The maximum Gasteiger partial charge on any atom is 0.239 e. The van der Waals surface area contributed by atoms with Crippen molar-refractivity contribution < 1.29 is 13.9 Å². The fourth-order valence-corrected chi connectivity index (χ4v) is 2.53. The van der Waals surface area contributed by atoms with Crippen molar-refractivity contribution in [1.29, 1.82) is 0 Å². The number of aromatic nitrogens is 2. The largest absolute Gasteiger partial charge is 0.378 e. The molecule has 3 rings (SSSR count). The Morgan fingerprint density at radius 2 is 2.28 bits per heavy atom. The number of imidazole rings is 1. The number of aryl methyl sites for hydroxylation is 1. The number of hydrogen-bond donors (Lipinski definition) is 2. The summed E-state index contributed by atoms with van der Waals surface area (Å²) < 4.78 is 21.2. The van der Waals surface area contributed by atoms with Gasteiger partial charge in [0.25, 0.3) is 0 Å². The van der Waals surface area contributed by atoms with Crippen molar-refractivity contribution >= 4 is 30.7 Å². The second-order valence-electron chi connectivity index (χ2n) is 5.43. The fraction of sp³-hybridized carbons (Fsp3) is 0.375. The maximum atomic E-state index is 14.3. The maximum absolute atomic E-state index is 14.3. The highest BCUT2D eigenvalue weighted by molar-refractivity contribution is 5.85. The van der Waals surface area contributed by atoms with Crippen LogP contribution in [0.2, 0.25) is 0 Å². The lowest BCUT2D eigenvalue weighted by Crippen LogP contribution is -2.51. The van der Waals surface area contributed by atoms with Gasteiger partial charge in [0.05, 0.1) is 18.9 Å². The molecule has 2 aromatic rings. The lowest BCUT2D eigenvalue weighted by Gasteiger charge is -2.22. The van der Waals surface area contributed by atoms with Crippen LogP contribution in [0.1, 0.15) is 11.4 Å². The Morgan fingerprint density at radius 1 is 1.48 bits per heavy atom. The van der Waals surface area contributed by atoms with Crippen LogP contribution < -0.4 is 10.6 Å². The van der Waals surface area contributed by atoms with Crippen LogP contribution >= 0.6 is 24.8 Å². The Bertz CT molecular complexity index is 705. The van der Waals surface area contributed by atoms with E-state index in [1.807, 2.05) is 6.92 Å². The van der Waals surface area contributed by atoms with Crippen LogP contribution in [-0.2, 0) is 16.1 Å². The Hall–Kier alpha value is -1.67. The van der Waals surface area contributed by atoms with Crippen LogP contribution in [-0.4, -0.2) is 41.3 Å². The van der Waals surface area contributed by atoms with E-state index in [0.717, 1.165) is 0 Å². The minimum atomic E-state index is -0.350. The highest BCUT2D eigenvalue weighted by atomic mass is 35.5. The van der Waals surface area contributed by atoms with E-state index in [2.05, 4.69) is 15.6 Å². The normalized spacial score (nSPS) is 16.5. The first-order chi connectivity index (χ1) is 11.1. The number of morpholine rings is 1. The zero-order valence-electron chi connectivity index (χ0n) is 13.7. The van der Waals surface area contributed by atoms with Gasteiger partial charge in [-0.3, -0.25) is 4.79 Å². The van der Waals surface area contributed by atoms with E-state index in [-0.39, 0.29) is 49.1 Å². The van der Waals surface area contributed by atoms with Crippen LogP contribution in [0.5, 0.6) is 0 Å². The highest BCUT2D eigenvalue weighted by Gasteiger charge is 2.20. The number of hydrogen-bond acceptors (Lipinski definition) is 4. The predicted molar refractivity (Wildman–Crippen MR) is 97.2 cm³/mol. The SMILES string of the molecule is Cc1nccn1-c1ccc(CNC(=O)C2COCCN2)cc1F.Cl.Cl. The molecule has 1 aromatic heterocycles. The van der Waals surface area contributed by atoms with Gasteiger partial charge >= 0.3 is 0 Å². The zero-order chi connectivity index (χ0) is 16.2. The molecular formula is C16H21Cl2FN4O2. The van der Waals surface area contributed by atoms with Crippen LogP contribution in [0.25, 0.3) is 5.69 Å².